The number of thioether (sulfide) groups is 1. The molecule has 31 heavy (non-hydrogen) atoms. The van der Waals surface area contributed by atoms with Gasteiger partial charge in [0.05, 0.1) is 10.5 Å². The molecule has 12 heteroatoms. The molecule has 0 fully saturated rings. The molecule has 0 unspecified atom stereocenters. The first-order valence-electron chi connectivity index (χ1n) is 8.87. The largest absolute Gasteiger partial charge is 0.299 e. The number of carbonyl (C=O) groups is 3. The van der Waals surface area contributed by atoms with E-state index in [1.165, 1.54) is 23.9 Å². The van der Waals surface area contributed by atoms with Gasteiger partial charge in [0, 0.05) is 11.8 Å². The third kappa shape index (κ3) is 4.29. The number of nitrogens with zero attached hydrogens (tertiary/aromatic N) is 4. The van der Waals surface area contributed by atoms with E-state index in [4.69, 9.17) is 0 Å². The minimum atomic E-state index is -0.876. The molecule has 0 saturated heterocycles. The zero-order chi connectivity index (χ0) is 22.0. The molecule has 0 atom stereocenters. The molecule has 1 N–H and O–H groups in total. The number of nitro benzene ring substituents is 1. The van der Waals surface area contributed by atoms with Gasteiger partial charge in [0.15, 0.2) is 4.34 Å². The van der Waals surface area contributed by atoms with Crippen LogP contribution in [0.2, 0.25) is 0 Å². The maximum Gasteiger partial charge on any atom is 0.282 e. The number of amides is 3. The molecule has 156 valence electrons. The second kappa shape index (κ2) is 8.62. The number of benzene rings is 2. The summed E-state index contributed by atoms with van der Waals surface area (Å²) in [6, 6.07) is 13.6. The van der Waals surface area contributed by atoms with Crippen LogP contribution >= 0.6 is 23.1 Å². The Kier molecular flexibility index (Phi) is 5.73. The molecular weight excluding hydrogens is 442 g/mol. The number of rotatable bonds is 7. The van der Waals surface area contributed by atoms with Crippen LogP contribution in [0.1, 0.15) is 26.3 Å². The van der Waals surface area contributed by atoms with Gasteiger partial charge in [-0.3, -0.25) is 34.7 Å². The van der Waals surface area contributed by atoms with Crippen molar-refractivity contribution >= 4 is 51.6 Å². The van der Waals surface area contributed by atoms with E-state index >= 15 is 0 Å². The number of nitrogens with one attached hydrogen (secondary N) is 1. The summed E-state index contributed by atoms with van der Waals surface area (Å²) in [5.74, 6) is -1.60. The molecule has 0 aliphatic carbocycles. The Balaban J connectivity index is 1.39. The number of hydrogen-bond acceptors (Lipinski definition) is 9. The Bertz CT molecular complexity index is 1200. The summed E-state index contributed by atoms with van der Waals surface area (Å²) in [4.78, 5) is 48.5. The van der Waals surface area contributed by atoms with Crippen molar-refractivity contribution in [1.29, 1.82) is 0 Å². The molecule has 0 spiro atoms. The van der Waals surface area contributed by atoms with E-state index in [9.17, 15) is 24.5 Å². The molecule has 2 heterocycles. The van der Waals surface area contributed by atoms with Crippen molar-refractivity contribution in [2.75, 3.05) is 11.9 Å². The fourth-order valence-electron chi connectivity index (χ4n) is 2.95. The van der Waals surface area contributed by atoms with Crippen LogP contribution in [-0.4, -0.2) is 44.3 Å². The quantitative estimate of drug-likeness (QED) is 0.189. The third-order valence-corrected chi connectivity index (χ3v) is 6.38. The number of aromatic nitrogens is 2. The molecule has 0 bridgehead atoms. The number of anilines is 1. The normalized spacial score (nSPS) is 12.7. The molecule has 10 nitrogen and oxygen atoms in total. The van der Waals surface area contributed by atoms with Gasteiger partial charge in [0.25, 0.3) is 17.5 Å². The zero-order valence-corrected chi connectivity index (χ0v) is 17.3. The fraction of sp³-hybridized carbons (Fsp3) is 0.105. The predicted octanol–water partition coefficient (Wildman–Crippen LogP) is 2.97. The predicted molar refractivity (Wildman–Crippen MR) is 113 cm³/mol. The van der Waals surface area contributed by atoms with Crippen molar-refractivity contribution in [3.63, 3.8) is 0 Å². The van der Waals surface area contributed by atoms with Crippen molar-refractivity contribution in [3.05, 3.63) is 75.3 Å². The molecule has 1 aliphatic rings. The minimum Gasteiger partial charge on any atom is -0.299 e. The van der Waals surface area contributed by atoms with E-state index in [1.54, 1.807) is 0 Å². The highest BCUT2D eigenvalue weighted by Crippen LogP contribution is 2.31. The topological polar surface area (TPSA) is 135 Å². The van der Waals surface area contributed by atoms with Gasteiger partial charge in [-0.15, -0.1) is 10.2 Å². The highest BCUT2D eigenvalue weighted by molar-refractivity contribution is 8.00. The van der Waals surface area contributed by atoms with Crippen molar-refractivity contribution in [3.8, 4) is 0 Å². The summed E-state index contributed by atoms with van der Waals surface area (Å²) in [6.45, 7) is -0.588. The molecule has 1 aliphatic heterocycles. The number of nitro groups is 1. The van der Waals surface area contributed by atoms with E-state index in [-0.39, 0.29) is 16.3 Å². The van der Waals surface area contributed by atoms with Crippen LogP contribution in [0.4, 0.5) is 10.8 Å². The summed E-state index contributed by atoms with van der Waals surface area (Å²) in [5.41, 5.74) is 0.249. The van der Waals surface area contributed by atoms with E-state index in [2.05, 4.69) is 15.5 Å². The fourth-order valence-corrected chi connectivity index (χ4v) is 4.68. The monoisotopic (exact) mass is 455 g/mol. The summed E-state index contributed by atoms with van der Waals surface area (Å²) < 4.78 is 0.649. The highest BCUT2D eigenvalue weighted by atomic mass is 32.2. The van der Waals surface area contributed by atoms with Crippen LogP contribution < -0.4 is 5.32 Å². The van der Waals surface area contributed by atoms with Crippen molar-refractivity contribution in [2.45, 2.75) is 10.1 Å². The van der Waals surface area contributed by atoms with Gasteiger partial charge in [-0.05, 0) is 11.6 Å². The maximum atomic E-state index is 12.5. The van der Waals surface area contributed by atoms with Crippen LogP contribution in [0, 0.1) is 10.1 Å². The lowest BCUT2D eigenvalue weighted by Crippen LogP contribution is -2.37. The number of hydrogen-bond donors (Lipinski definition) is 1. The van der Waals surface area contributed by atoms with Crippen LogP contribution in [0.5, 0.6) is 0 Å². The second-order valence-corrected chi connectivity index (χ2v) is 8.55. The van der Waals surface area contributed by atoms with Gasteiger partial charge < -0.3 is 0 Å². The maximum absolute atomic E-state index is 12.5. The molecule has 3 aromatic rings. The highest BCUT2D eigenvalue weighted by Gasteiger charge is 2.41. The molecule has 0 saturated carbocycles. The summed E-state index contributed by atoms with van der Waals surface area (Å²) in [5, 5.41) is 21.8. The minimum absolute atomic E-state index is 0.0949. The lowest BCUT2D eigenvalue weighted by Gasteiger charge is -2.12. The average Bonchev–Trinajstić information content (AvgIpc) is 3.31. The smallest absolute Gasteiger partial charge is 0.282 e. The van der Waals surface area contributed by atoms with Crippen molar-refractivity contribution < 1.29 is 19.3 Å². The van der Waals surface area contributed by atoms with Gasteiger partial charge in [-0.2, -0.15) is 0 Å². The third-order valence-electron chi connectivity index (χ3n) is 4.33. The number of fused-ring (bicyclic) bond motifs is 1. The Morgan fingerprint density at radius 1 is 1.10 bits per heavy atom. The molecule has 3 amide bonds. The van der Waals surface area contributed by atoms with Gasteiger partial charge >= 0.3 is 0 Å². The SMILES string of the molecule is O=C(CN1C(=O)c2cccc([N+](=O)[O-])c2C1=O)Nc1nnc(SCc2ccccc2)s1. The van der Waals surface area contributed by atoms with Gasteiger partial charge in [-0.1, -0.05) is 59.5 Å². The Labute approximate surface area is 183 Å². The van der Waals surface area contributed by atoms with E-state index < -0.39 is 34.9 Å². The number of imide groups is 1. The average molecular weight is 455 g/mol. The van der Waals surface area contributed by atoms with E-state index in [0.717, 1.165) is 23.0 Å². The lowest BCUT2D eigenvalue weighted by atomic mass is 10.1. The van der Waals surface area contributed by atoms with E-state index in [1.807, 2.05) is 30.3 Å². The van der Waals surface area contributed by atoms with Gasteiger partial charge in [0.2, 0.25) is 11.0 Å². The van der Waals surface area contributed by atoms with Crippen LogP contribution in [0.25, 0.3) is 0 Å². The van der Waals surface area contributed by atoms with Crippen molar-refractivity contribution in [1.82, 2.24) is 15.1 Å². The van der Waals surface area contributed by atoms with Gasteiger partial charge in [0.1, 0.15) is 12.1 Å². The number of carbonyl (C=O) groups excluding carboxylic acids is 3. The zero-order valence-electron chi connectivity index (χ0n) is 15.7. The summed E-state index contributed by atoms with van der Waals surface area (Å²) >= 11 is 2.63. The van der Waals surface area contributed by atoms with Crippen molar-refractivity contribution in [2.24, 2.45) is 0 Å². The van der Waals surface area contributed by atoms with Crippen LogP contribution in [0.3, 0.4) is 0 Å². The summed E-state index contributed by atoms with van der Waals surface area (Å²) in [7, 11) is 0. The summed E-state index contributed by atoms with van der Waals surface area (Å²) in [6.07, 6.45) is 0. The van der Waals surface area contributed by atoms with Crippen LogP contribution in [-0.2, 0) is 10.5 Å². The Hall–Kier alpha value is -3.64. The van der Waals surface area contributed by atoms with E-state index in [0.29, 0.717) is 15.0 Å². The Morgan fingerprint density at radius 3 is 2.61 bits per heavy atom. The molecule has 2 aromatic carbocycles. The molecule has 0 radical (unpaired) electrons. The Morgan fingerprint density at radius 2 is 1.87 bits per heavy atom. The molecule has 1 aromatic heterocycles. The lowest BCUT2D eigenvalue weighted by molar-refractivity contribution is -0.385. The molecule has 4 rings (SSSR count). The first-order chi connectivity index (χ1) is 14.9. The first-order valence-corrected chi connectivity index (χ1v) is 10.7. The standard InChI is InChI=1S/C19H13N5O5S2/c25-14(20-18-21-22-19(31-18)30-10-11-5-2-1-3-6-11)9-23-16(26)12-7-4-8-13(24(28)29)15(12)17(23)27/h1-8H,9-10H2,(H,20,21,25). The second-order valence-electron chi connectivity index (χ2n) is 6.35. The van der Waals surface area contributed by atoms with Gasteiger partial charge in [-0.25, -0.2) is 0 Å². The first kappa shape index (κ1) is 20.6. The van der Waals surface area contributed by atoms with Crippen LogP contribution in [0.15, 0.2) is 52.9 Å². The molecular formula is C19H13N5O5S2.